The van der Waals surface area contributed by atoms with E-state index in [4.69, 9.17) is 11.6 Å². The number of halogens is 5. The molecular formula is C23H20ClF4NO2. The van der Waals surface area contributed by atoms with E-state index in [1.54, 1.807) is 31.2 Å². The lowest BCUT2D eigenvalue weighted by molar-refractivity contribution is -0.185. The maximum absolute atomic E-state index is 13.9. The molecule has 1 amide bonds. The third kappa shape index (κ3) is 3.84. The first-order valence-corrected chi connectivity index (χ1v) is 10.4. The van der Waals surface area contributed by atoms with Gasteiger partial charge in [-0.25, -0.2) is 4.39 Å². The Labute approximate surface area is 181 Å². The van der Waals surface area contributed by atoms with Crippen molar-refractivity contribution >= 4 is 23.3 Å². The number of ketones is 1. The van der Waals surface area contributed by atoms with Gasteiger partial charge in [0.25, 0.3) is 0 Å². The third-order valence-electron chi connectivity index (χ3n) is 6.50. The van der Waals surface area contributed by atoms with Crippen molar-refractivity contribution in [2.45, 2.75) is 50.2 Å². The zero-order valence-electron chi connectivity index (χ0n) is 16.7. The Morgan fingerprint density at radius 2 is 1.65 bits per heavy atom. The van der Waals surface area contributed by atoms with Crippen molar-refractivity contribution in [1.82, 2.24) is 5.32 Å². The molecule has 2 fully saturated rings. The minimum Gasteiger partial charge on any atom is -0.343 e. The lowest BCUT2D eigenvalue weighted by Gasteiger charge is -2.36. The van der Waals surface area contributed by atoms with Gasteiger partial charge in [0.15, 0.2) is 5.78 Å². The van der Waals surface area contributed by atoms with Crippen LogP contribution >= 0.6 is 11.6 Å². The van der Waals surface area contributed by atoms with E-state index >= 15 is 0 Å². The summed E-state index contributed by atoms with van der Waals surface area (Å²) in [4.78, 5) is 26.1. The molecule has 164 valence electrons. The minimum absolute atomic E-state index is 0.0159. The van der Waals surface area contributed by atoms with Gasteiger partial charge in [-0.05, 0) is 73.1 Å². The zero-order valence-corrected chi connectivity index (χ0v) is 17.4. The Balaban J connectivity index is 1.65. The van der Waals surface area contributed by atoms with Gasteiger partial charge in [0.05, 0.1) is 16.5 Å². The van der Waals surface area contributed by atoms with Gasteiger partial charge in [-0.3, -0.25) is 9.59 Å². The van der Waals surface area contributed by atoms with Gasteiger partial charge in [0.2, 0.25) is 5.91 Å². The van der Waals surface area contributed by atoms with Crippen molar-refractivity contribution in [3.8, 4) is 11.1 Å². The highest BCUT2D eigenvalue weighted by Crippen LogP contribution is 2.46. The second kappa shape index (κ2) is 7.62. The fourth-order valence-electron chi connectivity index (χ4n) is 4.66. The Bertz CT molecular complexity index is 1060. The predicted octanol–water partition coefficient (Wildman–Crippen LogP) is 5.73. The van der Waals surface area contributed by atoms with Crippen molar-refractivity contribution in [1.29, 1.82) is 0 Å². The maximum atomic E-state index is 13.9. The summed E-state index contributed by atoms with van der Waals surface area (Å²) in [5, 5.41) is 2.69. The van der Waals surface area contributed by atoms with E-state index in [1.165, 1.54) is 12.1 Å². The maximum Gasteiger partial charge on any atom is 0.391 e. The van der Waals surface area contributed by atoms with E-state index in [9.17, 15) is 27.2 Å². The van der Waals surface area contributed by atoms with Crippen LogP contribution in [-0.4, -0.2) is 23.4 Å². The van der Waals surface area contributed by atoms with Gasteiger partial charge >= 0.3 is 6.18 Å². The van der Waals surface area contributed by atoms with Crippen LogP contribution in [0.5, 0.6) is 0 Å². The molecule has 1 aliphatic carbocycles. The number of carbonyl (C=O) groups excluding carboxylic acids is 2. The molecule has 1 saturated carbocycles. The summed E-state index contributed by atoms with van der Waals surface area (Å²) in [7, 11) is 0. The molecule has 2 aromatic carbocycles. The highest BCUT2D eigenvalue weighted by Gasteiger charge is 2.56. The van der Waals surface area contributed by atoms with Crippen molar-refractivity contribution in [2.75, 3.05) is 0 Å². The molecule has 4 rings (SSSR count). The van der Waals surface area contributed by atoms with Crippen LogP contribution in [0, 0.1) is 18.7 Å². The number of benzene rings is 2. The number of aryl methyl sites for hydroxylation is 1. The molecule has 1 atom stereocenters. The van der Waals surface area contributed by atoms with Crippen LogP contribution in [0.1, 0.15) is 42.7 Å². The Kier molecular flexibility index (Phi) is 5.36. The fourth-order valence-corrected chi connectivity index (χ4v) is 4.78. The molecule has 0 aromatic heterocycles. The van der Waals surface area contributed by atoms with Gasteiger partial charge in [0.1, 0.15) is 11.7 Å². The van der Waals surface area contributed by atoms with Crippen LogP contribution < -0.4 is 5.32 Å². The molecule has 1 saturated heterocycles. The molecular weight excluding hydrogens is 434 g/mol. The van der Waals surface area contributed by atoms with Gasteiger partial charge < -0.3 is 5.32 Å². The van der Waals surface area contributed by atoms with Crippen molar-refractivity contribution < 1.29 is 27.2 Å². The molecule has 2 aliphatic rings. The van der Waals surface area contributed by atoms with Gasteiger partial charge in [-0.15, -0.1) is 0 Å². The summed E-state index contributed by atoms with van der Waals surface area (Å²) in [5.74, 6) is -4.03. The summed E-state index contributed by atoms with van der Waals surface area (Å²) in [6.45, 7) is 1.76. The summed E-state index contributed by atoms with van der Waals surface area (Å²) >= 11 is 5.74. The van der Waals surface area contributed by atoms with E-state index in [-0.39, 0.29) is 36.5 Å². The standard InChI is InChI=1S/C23H20ClF4NO2/c1-12-2-3-13(14-4-5-17(24)18(25)11-14)10-16(12)19-20(30)22(29-21(19)31)8-6-15(7-9-22)23(26,27)28/h2-5,10-11,15,19H,6-9H2,1H3,(H,29,31). The van der Waals surface area contributed by atoms with Crippen molar-refractivity contribution in [2.24, 2.45) is 5.92 Å². The number of hydrogen-bond acceptors (Lipinski definition) is 2. The lowest BCUT2D eigenvalue weighted by Crippen LogP contribution is -2.50. The number of Topliss-reactive ketones (excluding diaryl/α,β-unsaturated/α-hetero) is 1. The highest BCUT2D eigenvalue weighted by atomic mass is 35.5. The molecule has 31 heavy (non-hydrogen) atoms. The second-order valence-electron chi connectivity index (χ2n) is 8.38. The summed E-state index contributed by atoms with van der Waals surface area (Å²) < 4.78 is 53.0. The molecule has 1 spiro atoms. The quantitative estimate of drug-likeness (QED) is 0.466. The first kappa shape index (κ1) is 21.8. The fraction of sp³-hybridized carbons (Fsp3) is 0.391. The molecule has 0 radical (unpaired) electrons. The monoisotopic (exact) mass is 453 g/mol. The number of carbonyl (C=O) groups is 2. The predicted molar refractivity (Wildman–Crippen MR) is 108 cm³/mol. The number of rotatable bonds is 2. The van der Waals surface area contributed by atoms with Crippen LogP contribution in [-0.2, 0) is 9.59 Å². The molecule has 1 heterocycles. The van der Waals surface area contributed by atoms with E-state index in [0.717, 1.165) is 0 Å². The van der Waals surface area contributed by atoms with Gasteiger partial charge in [-0.2, -0.15) is 13.2 Å². The van der Waals surface area contributed by atoms with E-state index in [2.05, 4.69) is 5.32 Å². The zero-order chi connectivity index (χ0) is 22.6. The van der Waals surface area contributed by atoms with Crippen LogP contribution in [0.2, 0.25) is 5.02 Å². The normalized spacial score (nSPS) is 26.4. The van der Waals surface area contributed by atoms with E-state index in [1.807, 2.05) is 0 Å². The molecule has 1 unspecified atom stereocenters. The van der Waals surface area contributed by atoms with Crippen molar-refractivity contribution in [3.05, 3.63) is 58.4 Å². The first-order valence-electron chi connectivity index (χ1n) is 10.0. The molecule has 1 N–H and O–H groups in total. The largest absolute Gasteiger partial charge is 0.391 e. The smallest absolute Gasteiger partial charge is 0.343 e. The molecule has 0 bridgehead atoms. The lowest BCUT2D eigenvalue weighted by atomic mass is 9.72. The molecule has 8 heteroatoms. The number of alkyl halides is 3. The van der Waals surface area contributed by atoms with Crippen molar-refractivity contribution in [3.63, 3.8) is 0 Å². The molecule has 3 nitrogen and oxygen atoms in total. The summed E-state index contributed by atoms with van der Waals surface area (Å²) in [6.07, 6.45) is -4.74. The Morgan fingerprint density at radius 1 is 1.03 bits per heavy atom. The number of hydrogen-bond donors (Lipinski definition) is 1. The van der Waals surface area contributed by atoms with Crippen LogP contribution in [0.3, 0.4) is 0 Å². The second-order valence-corrected chi connectivity index (χ2v) is 8.79. The average molecular weight is 454 g/mol. The topological polar surface area (TPSA) is 46.2 Å². The molecule has 1 aliphatic heterocycles. The highest BCUT2D eigenvalue weighted by molar-refractivity contribution is 6.30. The van der Waals surface area contributed by atoms with E-state index in [0.29, 0.717) is 22.3 Å². The number of amides is 1. The van der Waals surface area contributed by atoms with Crippen LogP contribution in [0.15, 0.2) is 36.4 Å². The Morgan fingerprint density at radius 3 is 2.26 bits per heavy atom. The SMILES string of the molecule is Cc1ccc(-c2ccc(Cl)c(F)c2)cc1C1C(=O)NC2(CCC(C(F)(F)F)CC2)C1=O. The van der Waals surface area contributed by atoms with Crippen LogP contribution in [0.25, 0.3) is 11.1 Å². The van der Waals surface area contributed by atoms with Crippen LogP contribution in [0.4, 0.5) is 17.6 Å². The van der Waals surface area contributed by atoms with Gasteiger partial charge in [0, 0.05) is 0 Å². The molecule has 2 aromatic rings. The van der Waals surface area contributed by atoms with Gasteiger partial charge in [-0.1, -0.05) is 29.8 Å². The third-order valence-corrected chi connectivity index (χ3v) is 6.81. The first-order chi connectivity index (χ1) is 14.5. The van der Waals surface area contributed by atoms with E-state index < -0.39 is 35.3 Å². The summed E-state index contributed by atoms with van der Waals surface area (Å²) in [5.41, 5.74) is 1.07. The minimum atomic E-state index is -4.30. The average Bonchev–Trinajstić information content (AvgIpc) is 2.94. The Hall–Kier alpha value is -2.41. The number of nitrogens with one attached hydrogen (secondary N) is 1. The summed E-state index contributed by atoms with van der Waals surface area (Å²) in [6, 6.07) is 9.49.